The molecule has 2 aliphatic heterocycles. The van der Waals surface area contributed by atoms with Crippen molar-refractivity contribution in [2.75, 3.05) is 37.6 Å². The minimum atomic E-state index is -3.60. The number of benzene rings is 1. The molecule has 1 aromatic rings. The molecule has 1 aromatic carbocycles. The molecule has 0 bridgehead atoms. The molecule has 6 heteroatoms. The van der Waals surface area contributed by atoms with E-state index in [1.165, 1.54) is 51.7 Å². The summed E-state index contributed by atoms with van der Waals surface area (Å²) in [5, 5.41) is 5.15. The summed E-state index contributed by atoms with van der Waals surface area (Å²) in [5.41, 5.74) is 1.09. The number of likely N-dealkylation sites (tertiary alicyclic amines) is 1. The monoisotopic (exact) mass is 337 g/mol. The number of hydrogen-bond donors (Lipinski definition) is 1. The van der Waals surface area contributed by atoms with Gasteiger partial charge in [0.05, 0.1) is 4.90 Å². The molecule has 23 heavy (non-hydrogen) atoms. The molecule has 5 nitrogen and oxygen atoms in total. The summed E-state index contributed by atoms with van der Waals surface area (Å²) in [6.45, 7) is 5.89. The summed E-state index contributed by atoms with van der Waals surface area (Å²) in [6, 6.07) is 6.93. The lowest BCUT2D eigenvalue weighted by Crippen LogP contribution is -2.40. The SMILES string of the molecule is NS(=O)(=O)c1ccc(N2CCC(CN3CCCCC3)CC2)cc1. The lowest BCUT2D eigenvalue weighted by molar-refractivity contribution is 0.181. The molecule has 0 radical (unpaired) electrons. The molecule has 0 saturated carbocycles. The number of rotatable bonds is 4. The summed E-state index contributed by atoms with van der Waals surface area (Å²) in [4.78, 5) is 5.16. The maximum absolute atomic E-state index is 11.3. The average molecular weight is 337 g/mol. The third-order valence-electron chi connectivity index (χ3n) is 5.11. The van der Waals surface area contributed by atoms with Crippen LogP contribution in [-0.2, 0) is 10.0 Å². The number of primary sulfonamides is 1. The Morgan fingerprint density at radius 3 is 2.13 bits per heavy atom. The average Bonchev–Trinajstić information content (AvgIpc) is 2.56. The first-order chi connectivity index (χ1) is 11.0. The van der Waals surface area contributed by atoms with Crippen LogP contribution in [0.1, 0.15) is 32.1 Å². The van der Waals surface area contributed by atoms with Gasteiger partial charge >= 0.3 is 0 Å². The summed E-state index contributed by atoms with van der Waals surface area (Å²) in [7, 11) is -3.60. The lowest BCUT2D eigenvalue weighted by atomic mass is 9.95. The fourth-order valence-electron chi connectivity index (χ4n) is 3.73. The highest BCUT2D eigenvalue weighted by molar-refractivity contribution is 7.89. The van der Waals surface area contributed by atoms with Gasteiger partial charge in [-0.2, -0.15) is 0 Å². The van der Waals surface area contributed by atoms with Crippen molar-refractivity contribution in [1.82, 2.24) is 4.90 Å². The van der Waals surface area contributed by atoms with E-state index in [2.05, 4.69) is 9.80 Å². The van der Waals surface area contributed by atoms with E-state index in [9.17, 15) is 8.42 Å². The predicted molar refractivity (Wildman–Crippen MR) is 93.0 cm³/mol. The van der Waals surface area contributed by atoms with Crippen LogP contribution in [0.3, 0.4) is 0 Å². The lowest BCUT2D eigenvalue weighted by Gasteiger charge is -2.37. The van der Waals surface area contributed by atoms with E-state index in [1.54, 1.807) is 12.1 Å². The molecule has 2 fully saturated rings. The first-order valence-corrected chi connectivity index (χ1v) is 10.2. The zero-order valence-corrected chi connectivity index (χ0v) is 14.5. The molecule has 0 aromatic heterocycles. The fraction of sp³-hybridized carbons (Fsp3) is 0.647. The van der Waals surface area contributed by atoms with E-state index in [-0.39, 0.29) is 4.90 Å². The Morgan fingerprint density at radius 2 is 1.57 bits per heavy atom. The van der Waals surface area contributed by atoms with E-state index >= 15 is 0 Å². The molecule has 2 saturated heterocycles. The maximum atomic E-state index is 11.3. The number of nitrogens with zero attached hydrogens (tertiary/aromatic N) is 2. The van der Waals surface area contributed by atoms with Gasteiger partial charge in [0.25, 0.3) is 0 Å². The zero-order valence-electron chi connectivity index (χ0n) is 13.7. The Labute approximate surface area is 139 Å². The van der Waals surface area contributed by atoms with Gasteiger partial charge in [-0.1, -0.05) is 6.42 Å². The quantitative estimate of drug-likeness (QED) is 0.913. The van der Waals surface area contributed by atoms with Crippen LogP contribution in [0, 0.1) is 5.92 Å². The molecule has 3 rings (SSSR count). The first-order valence-electron chi connectivity index (χ1n) is 8.62. The zero-order chi connectivity index (χ0) is 16.3. The number of nitrogens with two attached hydrogens (primary N) is 1. The maximum Gasteiger partial charge on any atom is 0.238 e. The topological polar surface area (TPSA) is 66.6 Å². The molecule has 128 valence electrons. The van der Waals surface area contributed by atoms with Crippen molar-refractivity contribution in [3.05, 3.63) is 24.3 Å². The van der Waals surface area contributed by atoms with Crippen LogP contribution in [0.25, 0.3) is 0 Å². The Morgan fingerprint density at radius 1 is 0.957 bits per heavy atom. The fourth-order valence-corrected chi connectivity index (χ4v) is 4.24. The third-order valence-corrected chi connectivity index (χ3v) is 6.04. The van der Waals surface area contributed by atoms with Crippen LogP contribution in [0.5, 0.6) is 0 Å². The van der Waals surface area contributed by atoms with Crippen LogP contribution in [0.2, 0.25) is 0 Å². The molecule has 0 unspecified atom stereocenters. The molecule has 0 atom stereocenters. The summed E-state index contributed by atoms with van der Waals surface area (Å²) >= 11 is 0. The van der Waals surface area contributed by atoms with Gasteiger partial charge in [-0.05, 0) is 69.0 Å². The summed E-state index contributed by atoms with van der Waals surface area (Å²) < 4.78 is 22.6. The van der Waals surface area contributed by atoms with Gasteiger partial charge < -0.3 is 9.80 Å². The van der Waals surface area contributed by atoms with Crippen molar-refractivity contribution < 1.29 is 8.42 Å². The highest BCUT2D eigenvalue weighted by atomic mass is 32.2. The van der Waals surface area contributed by atoms with Crippen molar-refractivity contribution in [3.63, 3.8) is 0 Å². The van der Waals surface area contributed by atoms with Crippen LogP contribution < -0.4 is 10.0 Å². The van der Waals surface area contributed by atoms with Crippen LogP contribution >= 0.6 is 0 Å². The van der Waals surface area contributed by atoms with Gasteiger partial charge in [-0.25, -0.2) is 13.6 Å². The highest BCUT2D eigenvalue weighted by Gasteiger charge is 2.22. The van der Waals surface area contributed by atoms with Gasteiger partial charge in [-0.3, -0.25) is 0 Å². The smallest absolute Gasteiger partial charge is 0.238 e. The Bertz CT molecular complexity index is 601. The molecule has 2 aliphatic rings. The molecule has 0 spiro atoms. The summed E-state index contributed by atoms with van der Waals surface area (Å²) in [5.74, 6) is 0.799. The second kappa shape index (κ2) is 7.20. The molecular weight excluding hydrogens is 310 g/mol. The van der Waals surface area contributed by atoms with Crippen molar-refractivity contribution in [3.8, 4) is 0 Å². The van der Waals surface area contributed by atoms with Crippen molar-refractivity contribution in [1.29, 1.82) is 0 Å². The van der Waals surface area contributed by atoms with E-state index in [1.807, 2.05) is 12.1 Å². The second-order valence-electron chi connectivity index (χ2n) is 6.83. The predicted octanol–water partition coefficient (Wildman–Crippen LogP) is 2.04. The number of piperidine rings is 2. The van der Waals surface area contributed by atoms with Gasteiger partial charge in [0.15, 0.2) is 0 Å². The standard InChI is InChI=1S/C17H27N3O2S/c18-23(21,22)17-6-4-16(5-7-17)20-12-8-15(9-13-20)14-19-10-2-1-3-11-19/h4-7,15H,1-3,8-14H2,(H2,18,21,22). The minimum Gasteiger partial charge on any atom is -0.372 e. The normalized spacial score (nSPS) is 21.5. The molecule has 0 aliphatic carbocycles. The second-order valence-corrected chi connectivity index (χ2v) is 8.39. The number of sulfonamides is 1. The summed E-state index contributed by atoms with van der Waals surface area (Å²) in [6.07, 6.45) is 6.54. The van der Waals surface area contributed by atoms with E-state index in [4.69, 9.17) is 5.14 Å². The van der Waals surface area contributed by atoms with Gasteiger partial charge in [0, 0.05) is 25.3 Å². The molecule has 2 N–H and O–H groups in total. The van der Waals surface area contributed by atoms with Gasteiger partial charge in [-0.15, -0.1) is 0 Å². The Balaban J connectivity index is 1.52. The van der Waals surface area contributed by atoms with Crippen molar-refractivity contribution in [2.24, 2.45) is 11.1 Å². The Kier molecular flexibility index (Phi) is 5.24. The van der Waals surface area contributed by atoms with E-state index < -0.39 is 10.0 Å². The molecule has 0 amide bonds. The minimum absolute atomic E-state index is 0.182. The van der Waals surface area contributed by atoms with Gasteiger partial charge in [0.1, 0.15) is 0 Å². The van der Waals surface area contributed by atoms with Crippen LogP contribution in [0.4, 0.5) is 5.69 Å². The number of anilines is 1. The highest BCUT2D eigenvalue weighted by Crippen LogP contribution is 2.25. The van der Waals surface area contributed by atoms with Crippen molar-refractivity contribution in [2.45, 2.75) is 37.0 Å². The molecular formula is C17H27N3O2S. The van der Waals surface area contributed by atoms with Gasteiger partial charge in [0.2, 0.25) is 10.0 Å². The molecule has 2 heterocycles. The van der Waals surface area contributed by atoms with E-state index in [0.29, 0.717) is 0 Å². The van der Waals surface area contributed by atoms with E-state index in [0.717, 1.165) is 24.7 Å². The number of hydrogen-bond acceptors (Lipinski definition) is 4. The van der Waals surface area contributed by atoms with Crippen molar-refractivity contribution >= 4 is 15.7 Å². The first kappa shape index (κ1) is 16.7. The third kappa shape index (κ3) is 4.46. The Hall–Kier alpha value is -1.11. The largest absolute Gasteiger partial charge is 0.372 e. The van der Waals surface area contributed by atoms with Crippen LogP contribution in [-0.4, -0.2) is 46.0 Å². The van der Waals surface area contributed by atoms with Crippen LogP contribution in [0.15, 0.2) is 29.2 Å².